The molecule has 0 aromatic heterocycles. The number of ether oxygens (including phenoxy) is 1. The van der Waals surface area contributed by atoms with Gasteiger partial charge in [0.1, 0.15) is 18.0 Å². The third-order valence-electron chi connectivity index (χ3n) is 6.51. The van der Waals surface area contributed by atoms with E-state index in [4.69, 9.17) is 4.74 Å². The summed E-state index contributed by atoms with van der Waals surface area (Å²) < 4.78 is 6.12. The Morgan fingerprint density at radius 1 is 1.21 bits per heavy atom. The van der Waals surface area contributed by atoms with Crippen LogP contribution in [0.2, 0.25) is 0 Å². The van der Waals surface area contributed by atoms with Crippen LogP contribution in [0.4, 0.5) is 0 Å². The molecule has 2 unspecified atom stereocenters. The van der Waals surface area contributed by atoms with Gasteiger partial charge in [-0.05, 0) is 42.7 Å². The Morgan fingerprint density at radius 2 is 1.92 bits per heavy atom. The van der Waals surface area contributed by atoms with E-state index in [0.29, 0.717) is 11.3 Å². The Balaban J connectivity index is 2.00. The van der Waals surface area contributed by atoms with Crippen LogP contribution in [0.15, 0.2) is 17.7 Å². The van der Waals surface area contributed by atoms with E-state index in [-0.39, 0.29) is 22.7 Å². The predicted molar refractivity (Wildman–Crippen MR) is 93.6 cm³/mol. The van der Waals surface area contributed by atoms with Crippen molar-refractivity contribution < 1.29 is 14.6 Å². The maximum absolute atomic E-state index is 13.0. The van der Waals surface area contributed by atoms with Crippen LogP contribution < -0.4 is 0 Å². The van der Waals surface area contributed by atoms with E-state index in [1.165, 1.54) is 5.56 Å². The lowest BCUT2D eigenvalue weighted by Crippen LogP contribution is -2.33. The minimum absolute atomic E-state index is 0.0722. The van der Waals surface area contributed by atoms with Gasteiger partial charge in [-0.2, -0.15) is 0 Å². The highest BCUT2D eigenvalue weighted by molar-refractivity contribution is 6.10. The number of ketones is 1. The van der Waals surface area contributed by atoms with Crippen LogP contribution in [-0.2, 0) is 21.4 Å². The first-order valence-electron chi connectivity index (χ1n) is 8.96. The minimum atomic E-state index is -1.06. The zero-order valence-corrected chi connectivity index (χ0v) is 15.2. The fourth-order valence-corrected chi connectivity index (χ4v) is 4.69. The summed E-state index contributed by atoms with van der Waals surface area (Å²) in [5.74, 6) is 0.521. The number of fused-ring (bicyclic) bond motifs is 4. The van der Waals surface area contributed by atoms with Gasteiger partial charge >= 0.3 is 0 Å². The van der Waals surface area contributed by atoms with Gasteiger partial charge in [0.15, 0.2) is 5.78 Å². The molecule has 3 nitrogen and oxygen atoms in total. The van der Waals surface area contributed by atoms with Crippen molar-refractivity contribution in [3.8, 4) is 0 Å². The molecule has 3 aliphatic rings. The van der Waals surface area contributed by atoms with E-state index >= 15 is 0 Å². The van der Waals surface area contributed by atoms with Gasteiger partial charge in [-0.25, -0.2) is 0 Å². The van der Waals surface area contributed by atoms with Crippen LogP contribution in [0.1, 0.15) is 75.8 Å². The smallest absolute Gasteiger partial charge is 0.196 e. The topological polar surface area (TPSA) is 46.5 Å². The lowest BCUT2D eigenvalue weighted by atomic mass is 9.67. The molecule has 0 saturated heterocycles. The first kappa shape index (κ1) is 15.9. The van der Waals surface area contributed by atoms with Gasteiger partial charge in [-0.15, -0.1) is 0 Å². The number of Topliss-reactive ketones (excluding diaryl/α,β-unsaturated/α-hetero) is 1. The number of aliphatic hydroxyl groups is 1. The molecule has 0 bridgehead atoms. The van der Waals surface area contributed by atoms with Crippen molar-refractivity contribution in [2.24, 2.45) is 5.41 Å². The molecule has 1 aliphatic heterocycles. The number of benzene rings is 1. The number of hydrogen-bond acceptors (Lipinski definition) is 3. The van der Waals surface area contributed by atoms with E-state index in [1.54, 1.807) is 0 Å². The molecule has 0 radical (unpaired) electrons. The predicted octanol–water partition coefficient (Wildman–Crippen LogP) is 4.07. The van der Waals surface area contributed by atoms with Gasteiger partial charge in [0.25, 0.3) is 0 Å². The largest absolute Gasteiger partial charge is 0.489 e. The average Bonchev–Trinajstić information content (AvgIpc) is 2.74. The molecule has 0 saturated carbocycles. The lowest BCUT2D eigenvalue weighted by Gasteiger charge is -2.36. The van der Waals surface area contributed by atoms with Crippen molar-refractivity contribution in [2.75, 3.05) is 0 Å². The van der Waals surface area contributed by atoms with Gasteiger partial charge in [0.05, 0.1) is 5.57 Å². The van der Waals surface area contributed by atoms with Crippen molar-refractivity contribution in [2.45, 2.75) is 71.5 Å². The first-order chi connectivity index (χ1) is 11.2. The Bertz CT molecular complexity index is 783. The zero-order chi connectivity index (χ0) is 17.4. The second-order valence-corrected chi connectivity index (χ2v) is 8.74. The zero-order valence-electron chi connectivity index (χ0n) is 15.2. The van der Waals surface area contributed by atoms with E-state index in [0.717, 1.165) is 36.0 Å². The summed E-state index contributed by atoms with van der Waals surface area (Å²) in [6.07, 6.45) is 2.02. The average molecular weight is 326 g/mol. The summed E-state index contributed by atoms with van der Waals surface area (Å²) in [6, 6.07) is 4.24. The third-order valence-corrected chi connectivity index (χ3v) is 6.51. The van der Waals surface area contributed by atoms with E-state index < -0.39 is 6.10 Å². The van der Waals surface area contributed by atoms with Gasteiger partial charge < -0.3 is 9.84 Å². The summed E-state index contributed by atoms with van der Waals surface area (Å²) in [6.45, 7) is 10.5. The Morgan fingerprint density at radius 3 is 2.62 bits per heavy atom. The number of rotatable bonds is 0. The summed E-state index contributed by atoms with van der Waals surface area (Å²) >= 11 is 0. The monoisotopic (exact) mass is 326 g/mol. The second kappa shape index (κ2) is 4.72. The van der Waals surface area contributed by atoms with Gasteiger partial charge in [-0.3, -0.25) is 4.79 Å². The Kier molecular flexibility index (Phi) is 3.13. The first-order valence-corrected chi connectivity index (χ1v) is 8.96. The molecule has 128 valence electrons. The molecular weight excluding hydrogens is 300 g/mol. The fourth-order valence-electron chi connectivity index (χ4n) is 4.69. The fraction of sp³-hybridized carbons (Fsp3) is 0.571. The lowest BCUT2D eigenvalue weighted by molar-refractivity contribution is -0.124. The van der Waals surface area contributed by atoms with Crippen molar-refractivity contribution in [3.05, 3.63) is 40.0 Å². The Labute approximate surface area is 143 Å². The van der Waals surface area contributed by atoms with E-state index in [1.807, 2.05) is 20.8 Å². The number of aliphatic hydroxyl groups excluding tert-OH is 1. The van der Waals surface area contributed by atoms with E-state index in [2.05, 4.69) is 26.0 Å². The van der Waals surface area contributed by atoms with Crippen LogP contribution >= 0.6 is 0 Å². The summed E-state index contributed by atoms with van der Waals surface area (Å²) in [4.78, 5) is 13.0. The number of carbonyl (C=O) groups excluding carboxylic acids is 1. The van der Waals surface area contributed by atoms with Gasteiger partial charge in [0, 0.05) is 16.5 Å². The van der Waals surface area contributed by atoms with Gasteiger partial charge in [0.2, 0.25) is 0 Å². The van der Waals surface area contributed by atoms with Crippen LogP contribution in [0.3, 0.4) is 0 Å². The molecule has 2 atom stereocenters. The normalized spacial score (nSPS) is 29.7. The highest BCUT2D eigenvalue weighted by Gasteiger charge is 2.50. The molecule has 1 aromatic rings. The van der Waals surface area contributed by atoms with E-state index in [9.17, 15) is 9.90 Å². The molecular formula is C21H26O3. The number of carbonyl (C=O) groups is 1. The van der Waals surface area contributed by atoms with Crippen LogP contribution in [0.25, 0.3) is 5.76 Å². The highest BCUT2D eigenvalue weighted by Crippen LogP contribution is 2.53. The van der Waals surface area contributed by atoms with Crippen LogP contribution in [0, 0.1) is 5.41 Å². The summed E-state index contributed by atoms with van der Waals surface area (Å²) in [7, 11) is 0. The molecule has 1 aromatic carbocycles. The van der Waals surface area contributed by atoms with Crippen LogP contribution in [0.5, 0.6) is 0 Å². The summed E-state index contributed by atoms with van der Waals surface area (Å²) in [5, 5.41) is 10.9. The van der Waals surface area contributed by atoms with Crippen molar-refractivity contribution >= 4 is 11.5 Å². The molecule has 0 spiro atoms. The maximum Gasteiger partial charge on any atom is 0.196 e. The summed E-state index contributed by atoms with van der Waals surface area (Å²) in [5.41, 5.74) is 4.53. The molecule has 1 N–H and O–H groups in total. The standard InChI is InChI=1S/C21H26O3/c1-11-21(4,5)16-18(23)17(22)15-12-7-6-10-20(2,3)14(12)9-8-13(15)19(16)24-11/h8-9,11,17,22H,6-7,10H2,1-5H3. The van der Waals surface area contributed by atoms with Gasteiger partial charge in [-0.1, -0.05) is 39.8 Å². The molecule has 0 fully saturated rings. The second-order valence-electron chi connectivity index (χ2n) is 8.74. The SMILES string of the molecule is CC1OC2=C(C(=O)C(O)c3c2ccc2c3CCCC2(C)C)C1(C)C. The third kappa shape index (κ3) is 1.85. The molecule has 4 rings (SSSR count). The van der Waals surface area contributed by atoms with Crippen molar-refractivity contribution in [1.29, 1.82) is 0 Å². The molecule has 3 heteroatoms. The number of hydrogen-bond donors (Lipinski definition) is 1. The van der Waals surface area contributed by atoms with Crippen molar-refractivity contribution in [1.82, 2.24) is 0 Å². The highest BCUT2D eigenvalue weighted by atomic mass is 16.5. The minimum Gasteiger partial charge on any atom is -0.489 e. The maximum atomic E-state index is 13.0. The molecule has 0 amide bonds. The Hall–Kier alpha value is -1.61. The molecule has 2 aliphatic carbocycles. The molecule has 24 heavy (non-hydrogen) atoms. The van der Waals surface area contributed by atoms with Crippen LogP contribution in [-0.4, -0.2) is 17.0 Å². The van der Waals surface area contributed by atoms with Crippen molar-refractivity contribution in [3.63, 3.8) is 0 Å². The quantitative estimate of drug-likeness (QED) is 0.781. The molecule has 1 heterocycles.